The standard InChI is InChI=1S/C4H4Te2/c1-4-5-2-3-6-4/h2-3H,1H2. The molecule has 0 unspecified atom stereocenters. The zero-order valence-corrected chi connectivity index (χ0v) is 7.84. The van der Waals surface area contributed by atoms with Crippen LogP contribution in [0.4, 0.5) is 0 Å². The van der Waals surface area contributed by atoms with Gasteiger partial charge in [0.2, 0.25) is 0 Å². The minimum atomic E-state index is 0.216. The van der Waals surface area contributed by atoms with Crippen LogP contribution in [0.25, 0.3) is 0 Å². The van der Waals surface area contributed by atoms with E-state index in [0.29, 0.717) is 0 Å². The molecule has 1 rings (SSSR count). The van der Waals surface area contributed by atoms with Crippen molar-refractivity contribution in [2.75, 3.05) is 0 Å². The van der Waals surface area contributed by atoms with Gasteiger partial charge in [-0.1, -0.05) is 0 Å². The molecule has 1 aliphatic heterocycles. The van der Waals surface area contributed by atoms with Gasteiger partial charge in [-0.3, -0.25) is 0 Å². The quantitative estimate of drug-likeness (QED) is 0.567. The van der Waals surface area contributed by atoms with Crippen LogP contribution < -0.4 is 0 Å². The van der Waals surface area contributed by atoms with Gasteiger partial charge < -0.3 is 0 Å². The maximum absolute atomic E-state index is 3.91. The molecule has 0 N–H and O–H groups in total. The van der Waals surface area contributed by atoms with Crippen molar-refractivity contribution >= 4 is 41.8 Å². The molecule has 0 saturated heterocycles. The van der Waals surface area contributed by atoms with E-state index in [0.717, 1.165) is 0 Å². The van der Waals surface area contributed by atoms with E-state index < -0.39 is 0 Å². The summed E-state index contributed by atoms with van der Waals surface area (Å²) in [5.41, 5.74) is 0. The van der Waals surface area contributed by atoms with Gasteiger partial charge in [0.15, 0.2) is 0 Å². The summed E-state index contributed by atoms with van der Waals surface area (Å²) in [6.07, 6.45) is 0. The van der Waals surface area contributed by atoms with Gasteiger partial charge in [0.1, 0.15) is 0 Å². The van der Waals surface area contributed by atoms with Crippen LogP contribution in [0.2, 0.25) is 0 Å². The van der Waals surface area contributed by atoms with Crippen molar-refractivity contribution in [3.63, 3.8) is 0 Å². The van der Waals surface area contributed by atoms with E-state index in [9.17, 15) is 0 Å². The van der Waals surface area contributed by atoms with E-state index in [1.54, 1.807) is 1.67 Å². The Morgan fingerprint density at radius 3 is 2.00 bits per heavy atom. The van der Waals surface area contributed by atoms with Crippen molar-refractivity contribution in [2.24, 2.45) is 0 Å². The summed E-state index contributed by atoms with van der Waals surface area (Å²) in [4.78, 5) is 0. The van der Waals surface area contributed by atoms with Crippen LogP contribution in [-0.2, 0) is 0 Å². The average Bonchev–Trinajstić information content (AvgIpc) is 1.86. The second-order valence-corrected chi connectivity index (χ2v) is 9.09. The van der Waals surface area contributed by atoms with Crippen molar-refractivity contribution in [3.05, 3.63) is 16.5 Å². The summed E-state index contributed by atoms with van der Waals surface area (Å²) in [6, 6.07) is 0. The minimum absolute atomic E-state index is 0.216. The van der Waals surface area contributed by atoms with E-state index in [-0.39, 0.29) is 41.8 Å². The Kier molecular flexibility index (Phi) is 2.07. The van der Waals surface area contributed by atoms with Crippen LogP contribution in [-0.4, -0.2) is 41.8 Å². The molecule has 32 valence electrons. The summed E-state index contributed by atoms with van der Waals surface area (Å²) in [7, 11) is 0. The molecule has 0 spiro atoms. The van der Waals surface area contributed by atoms with Crippen LogP contribution in [0.5, 0.6) is 0 Å². The molecule has 0 saturated carbocycles. The Morgan fingerprint density at radius 2 is 1.83 bits per heavy atom. The zero-order chi connectivity index (χ0) is 4.41. The monoisotopic (exact) mass is 312 g/mol. The summed E-state index contributed by atoms with van der Waals surface area (Å²) in [5, 5.41) is 0. The van der Waals surface area contributed by atoms with Crippen molar-refractivity contribution in [2.45, 2.75) is 0 Å². The van der Waals surface area contributed by atoms with Gasteiger partial charge in [-0.25, -0.2) is 0 Å². The Hall–Kier alpha value is 1.06. The molecule has 0 nitrogen and oxygen atoms in total. The van der Waals surface area contributed by atoms with Gasteiger partial charge in [0, 0.05) is 0 Å². The van der Waals surface area contributed by atoms with Gasteiger partial charge in [0.25, 0.3) is 0 Å². The Labute approximate surface area is 57.9 Å². The van der Waals surface area contributed by atoms with Crippen molar-refractivity contribution in [1.29, 1.82) is 0 Å². The molecule has 0 amide bonds. The molecule has 6 heavy (non-hydrogen) atoms. The normalized spacial score (nSPS) is 19.7. The number of hydrogen-bond donors (Lipinski definition) is 0. The predicted octanol–water partition coefficient (Wildman–Crippen LogP) is 0.351. The first-order valence-corrected chi connectivity index (χ1v) is 6.59. The average molecular weight is 307 g/mol. The first kappa shape index (κ1) is 5.20. The topological polar surface area (TPSA) is 0 Å². The summed E-state index contributed by atoms with van der Waals surface area (Å²) >= 11 is 0.431. The zero-order valence-electron chi connectivity index (χ0n) is 3.18. The van der Waals surface area contributed by atoms with E-state index >= 15 is 0 Å². The summed E-state index contributed by atoms with van der Waals surface area (Å²) in [6.45, 7) is 3.91. The molecule has 0 bridgehead atoms. The predicted molar refractivity (Wildman–Crippen MR) is 29.8 cm³/mol. The first-order valence-electron chi connectivity index (χ1n) is 1.57. The fourth-order valence-corrected chi connectivity index (χ4v) is 6.90. The summed E-state index contributed by atoms with van der Waals surface area (Å²) < 4.78 is 6.29. The van der Waals surface area contributed by atoms with E-state index in [1.807, 2.05) is 0 Å². The first-order chi connectivity index (χ1) is 2.89. The van der Waals surface area contributed by atoms with Crippen LogP contribution in [0, 0.1) is 0 Å². The molecule has 0 radical (unpaired) electrons. The summed E-state index contributed by atoms with van der Waals surface area (Å²) in [5.74, 6) is 0. The van der Waals surface area contributed by atoms with Gasteiger partial charge in [0.05, 0.1) is 0 Å². The van der Waals surface area contributed by atoms with E-state index in [4.69, 9.17) is 0 Å². The van der Waals surface area contributed by atoms with Crippen molar-refractivity contribution < 1.29 is 0 Å². The molecule has 0 fully saturated rings. The van der Waals surface area contributed by atoms with Gasteiger partial charge >= 0.3 is 58.3 Å². The number of hydrogen-bond acceptors (Lipinski definition) is 0. The van der Waals surface area contributed by atoms with Gasteiger partial charge in [-0.2, -0.15) is 0 Å². The molecule has 2 heteroatoms. The fraction of sp³-hybridized carbons (Fsp3) is 0. The molecule has 0 aromatic heterocycles. The Morgan fingerprint density at radius 1 is 1.33 bits per heavy atom. The molecule has 0 aromatic carbocycles. The van der Waals surface area contributed by atoms with Gasteiger partial charge in [-0.05, 0) is 0 Å². The maximum atomic E-state index is 3.91. The van der Waals surface area contributed by atoms with Crippen LogP contribution in [0.15, 0.2) is 16.5 Å². The third-order valence-electron chi connectivity index (χ3n) is 0.455. The van der Waals surface area contributed by atoms with Crippen LogP contribution >= 0.6 is 0 Å². The van der Waals surface area contributed by atoms with Crippen LogP contribution in [0.1, 0.15) is 0 Å². The second-order valence-electron chi connectivity index (χ2n) is 0.880. The van der Waals surface area contributed by atoms with E-state index in [2.05, 4.69) is 14.8 Å². The van der Waals surface area contributed by atoms with E-state index in [1.165, 1.54) is 0 Å². The Bertz CT molecular complexity index is 83.7. The van der Waals surface area contributed by atoms with Gasteiger partial charge in [-0.15, -0.1) is 0 Å². The molecular weight excluding hydrogens is 303 g/mol. The molecule has 1 heterocycles. The third-order valence-corrected chi connectivity index (χ3v) is 8.86. The molecular formula is C4H4Te2. The third kappa shape index (κ3) is 1.28. The SMILES string of the molecule is C=C1[Te]C=C[Te]1. The second kappa shape index (κ2) is 2.39. The molecule has 1 aliphatic rings. The van der Waals surface area contributed by atoms with Crippen molar-refractivity contribution in [3.8, 4) is 0 Å². The molecule has 0 aromatic rings. The van der Waals surface area contributed by atoms with Crippen molar-refractivity contribution in [1.82, 2.24) is 0 Å². The Balaban J connectivity index is 2.52. The molecule has 0 atom stereocenters. The number of rotatable bonds is 0. The fourth-order valence-electron chi connectivity index (χ4n) is 0.235. The van der Waals surface area contributed by atoms with Crippen LogP contribution in [0.3, 0.4) is 0 Å². The molecule has 0 aliphatic carbocycles.